The lowest BCUT2D eigenvalue weighted by Gasteiger charge is -2.41. The molecule has 0 saturated carbocycles. The van der Waals surface area contributed by atoms with Gasteiger partial charge in [-0.1, -0.05) is 30.3 Å². The first-order valence-corrected chi connectivity index (χ1v) is 9.12. The summed E-state index contributed by atoms with van der Waals surface area (Å²) < 4.78 is 27.0. The number of benzene rings is 2. The number of hydrogen-bond acceptors (Lipinski definition) is 3. The van der Waals surface area contributed by atoms with Crippen LogP contribution >= 0.6 is 0 Å². The fourth-order valence-electron chi connectivity index (χ4n) is 3.63. The Labute approximate surface area is 153 Å². The van der Waals surface area contributed by atoms with Gasteiger partial charge in [0.15, 0.2) is 0 Å². The molecule has 0 aromatic heterocycles. The standard InChI is InChI=1S/C21H26F2N2O/c1-16-4-2-3-5-17(16)14-25-10-9-24(15-20(25)8-11-26)13-18-6-7-19(22)12-21(18)23/h2-7,12,20,26H,8-11,13-15H2,1H3. The molecule has 1 unspecified atom stereocenters. The molecular weight excluding hydrogens is 334 g/mol. The third kappa shape index (κ3) is 4.67. The first kappa shape index (κ1) is 19.0. The topological polar surface area (TPSA) is 26.7 Å². The number of hydrogen-bond donors (Lipinski definition) is 1. The maximum atomic E-state index is 13.9. The van der Waals surface area contributed by atoms with Crippen LogP contribution in [0.5, 0.6) is 0 Å². The zero-order valence-corrected chi connectivity index (χ0v) is 15.2. The van der Waals surface area contributed by atoms with Crippen LogP contribution in [-0.4, -0.2) is 47.2 Å². The molecule has 0 amide bonds. The van der Waals surface area contributed by atoms with Gasteiger partial charge in [-0.2, -0.15) is 0 Å². The Morgan fingerprint density at radius 3 is 2.58 bits per heavy atom. The molecule has 0 spiro atoms. The maximum Gasteiger partial charge on any atom is 0.130 e. The zero-order chi connectivity index (χ0) is 18.5. The van der Waals surface area contributed by atoms with Crippen LogP contribution in [-0.2, 0) is 13.1 Å². The van der Waals surface area contributed by atoms with Crippen LogP contribution in [0.4, 0.5) is 8.78 Å². The number of nitrogens with zero attached hydrogens (tertiary/aromatic N) is 2. The zero-order valence-electron chi connectivity index (χ0n) is 15.2. The molecule has 3 rings (SSSR count). The Kier molecular flexibility index (Phi) is 6.35. The first-order valence-electron chi connectivity index (χ1n) is 9.12. The van der Waals surface area contributed by atoms with Crippen LogP contribution in [0.1, 0.15) is 23.1 Å². The Morgan fingerprint density at radius 2 is 1.85 bits per heavy atom. The van der Waals surface area contributed by atoms with Crippen molar-refractivity contribution in [3.05, 3.63) is 70.8 Å². The van der Waals surface area contributed by atoms with E-state index in [-0.39, 0.29) is 12.6 Å². The molecule has 0 aliphatic carbocycles. The monoisotopic (exact) mass is 360 g/mol. The van der Waals surface area contributed by atoms with E-state index >= 15 is 0 Å². The molecular formula is C21H26F2N2O. The van der Waals surface area contributed by atoms with Crippen molar-refractivity contribution < 1.29 is 13.9 Å². The van der Waals surface area contributed by atoms with Crippen LogP contribution in [0.3, 0.4) is 0 Å². The molecule has 2 aromatic carbocycles. The Balaban J connectivity index is 1.66. The van der Waals surface area contributed by atoms with Crippen LogP contribution in [0, 0.1) is 18.6 Å². The van der Waals surface area contributed by atoms with Crippen molar-refractivity contribution >= 4 is 0 Å². The van der Waals surface area contributed by atoms with Crippen molar-refractivity contribution in [2.24, 2.45) is 0 Å². The minimum Gasteiger partial charge on any atom is -0.396 e. The minimum absolute atomic E-state index is 0.133. The number of piperazine rings is 1. The second kappa shape index (κ2) is 8.71. The van der Waals surface area contributed by atoms with Gasteiger partial charge in [0, 0.05) is 57.0 Å². The van der Waals surface area contributed by atoms with Gasteiger partial charge in [-0.25, -0.2) is 8.78 Å². The van der Waals surface area contributed by atoms with E-state index in [0.717, 1.165) is 32.2 Å². The van der Waals surface area contributed by atoms with Crippen molar-refractivity contribution in [2.75, 3.05) is 26.2 Å². The molecule has 0 bridgehead atoms. The van der Waals surface area contributed by atoms with E-state index in [9.17, 15) is 13.9 Å². The molecule has 140 valence electrons. The van der Waals surface area contributed by atoms with Crippen molar-refractivity contribution in [2.45, 2.75) is 32.5 Å². The smallest absolute Gasteiger partial charge is 0.130 e. The fourth-order valence-corrected chi connectivity index (χ4v) is 3.63. The summed E-state index contributed by atoms with van der Waals surface area (Å²) in [4.78, 5) is 4.58. The fraction of sp³-hybridized carbons (Fsp3) is 0.429. The van der Waals surface area contributed by atoms with Gasteiger partial charge >= 0.3 is 0 Å². The number of halogens is 2. The van der Waals surface area contributed by atoms with Gasteiger partial charge < -0.3 is 5.11 Å². The predicted octanol–water partition coefficient (Wildman–Crippen LogP) is 3.34. The van der Waals surface area contributed by atoms with Crippen LogP contribution < -0.4 is 0 Å². The third-order valence-corrected chi connectivity index (χ3v) is 5.19. The van der Waals surface area contributed by atoms with Gasteiger partial charge in [0.05, 0.1) is 0 Å². The largest absolute Gasteiger partial charge is 0.396 e. The highest BCUT2D eigenvalue weighted by molar-refractivity contribution is 5.25. The van der Waals surface area contributed by atoms with Gasteiger partial charge in [0.1, 0.15) is 11.6 Å². The van der Waals surface area contributed by atoms with Gasteiger partial charge in [0.25, 0.3) is 0 Å². The van der Waals surface area contributed by atoms with Crippen LogP contribution in [0.2, 0.25) is 0 Å². The van der Waals surface area contributed by atoms with Crippen molar-refractivity contribution in [3.63, 3.8) is 0 Å². The summed E-state index contributed by atoms with van der Waals surface area (Å²) in [6.07, 6.45) is 0.689. The van der Waals surface area contributed by atoms with Gasteiger partial charge in [-0.15, -0.1) is 0 Å². The second-order valence-electron chi connectivity index (χ2n) is 7.03. The van der Waals surface area contributed by atoms with Gasteiger partial charge in [0.2, 0.25) is 0 Å². The number of aryl methyl sites for hydroxylation is 1. The summed E-state index contributed by atoms with van der Waals surface area (Å²) in [5.41, 5.74) is 3.08. The molecule has 2 aromatic rings. The van der Waals surface area contributed by atoms with Crippen molar-refractivity contribution in [1.82, 2.24) is 9.80 Å². The molecule has 26 heavy (non-hydrogen) atoms. The van der Waals surface area contributed by atoms with Crippen LogP contribution in [0.25, 0.3) is 0 Å². The minimum atomic E-state index is -0.549. The van der Waals surface area contributed by atoms with E-state index < -0.39 is 11.6 Å². The third-order valence-electron chi connectivity index (χ3n) is 5.19. The molecule has 0 radical (unpaired) electrons. The molecule has 1 aliphatic heterocycles. The second-order valence-corrected chi connectivity index (χ2v) is 7.03. The normalized spacial score (nSPS) is 19.0. The molecule has 1 aliphatic rings. The molecule has 1 atom stereocenters. The molecule has 1 N–H and O–H groups in total. The van der Waals surface area contributed by atoms with E-state index in [4.69, 9.17) is 0 Å². The molecule has 5 heteroatoms. The molecule has 1 saturated heterocycles. The van der Waals surface area contributed by atoms with E-state index in [0.29, 0.717) is 18.5 Å². The summed E-state index contributed by atoms with van der Waals surface area (Å²) >= 11 is 0. The summed E-state index contributed by atoms with van der Waals surface area (Å²) in [5, 5.41) is 9.46. The quantitative estimate of drug-likeness (QED) is 0.856. The molecule has 1 fully saturated rings. The van der Waals surface area contributed by atoms with E-state index in [1.54, 1.807) is 0 Å². The molecule has 1 heterocycles. The molecule has 3 nitrogen and oxygen atoms in total. The maximum absolute atomic E-state index is 13.9. The highest BCUT2D eigenvalue weighted by Crippen LogP contribution is 2.21. The number of aliphatic hydroxyl groups is 1. The Hall–Kier alpha value is -1.82. The van der Waals surface area contributed by atoms with Crippen LogP contribution in [0.15, 0.2) is 42.5 Å². The SMILES string of the molecule is Cc1ccccc1CN1CCN(Cc2ccc(F)cc2F)CC1CCO. The highest BCUT2D eigenvalue weighted by atomic mass is 19.1. The summed E-state index contributed by atoms with van der Waals surface area (Å²) in [6, 6.07) is 12.3. The van der Waals surface area contributed by atoms with Crippen molar-refractivity contribution in [3.8, 4) is 0 Å². The average Bonchev–Trinajstić information content (AvgIpc) is 2.61. The lowest BCUT2D eigenvalue weighted by molar-refractivity contribution is 0.0493. The summed E-state index contributed by atoms with van der Waals surface area (Å²) in [5.74, 6) is -1.04. The van der Waals surface area contributed by atoms with Gasteiger partial charge in [-0.3, -0.25) is 9.80 Å². The van der Waals surface area contributed by atoms with Gasteiger partial charge in [-0.05, 0) is 30.5 Å². The van der Waals surface area contributed by atoms with E-state index in [1.165, 1.54) is 23.3 Å². The predicted molar refractivity (Wildman–Crippen MR) is 98.7 cm³/mol. The number of rotatable bonds is 6. The van der Waals surface area contributed by atoms with Crippen molar-refractivity contribution in [1.29, 1.82) is 0 Å². The summed E-state index contributed by atoms with van der Waals surface area (Å²) in [6.45, 7) is 6.02. The lowest BCUT2D eigenvalue weighted by Crippen LogP contribution is -2.52. The van der Waals surface area contributed by atoms with E-state index in [1.807, 2.05) is 6.07 Å². The highest BCUT2D eigenvalue weighted by Gasteiger charge is 2.27. The lowest BCUT2D eigenvalue weighted by atomic mass is 10.0. The average molecular weight is 360 g/mol. The summed E-state index contributed by atoms with van der Waals surface area (Å²) in [7, 11) is 0. The number of aliphatic hydroxyl groups excluding tert-OH is 1. The van der Waals surface area contributed by atoms with E-state index in [2.05, 4.69) is 34.9 Å². The Bertz CT molecular complexity index is 738. The first-order chi connectivity index (χ1) is 12.6. The Morgan fingerprint density at radius 1 is 1.04 bits per heavy atom.